The molecule has 23 heavy (non-hydrogen) atoms. The van der Waals surface area contributed by atoms with Gasteiger partial charge in [-0.05, 0) is 37.1 Å². The summed E-state index contributed by atoms with van der Waals surface area (Å²) in [6, 6.07) is 4.65. The number of hydrogen-bond acceptors (Lipinski definition) is 3. The Labute approximate surface area is 143 Å². The molecule has 1 heterocycles. The zero-order valence-corrected chi connectivity index (χ0v) is 14.6. The van der Waals surface area contributed by atoms with Crippen molar-refractivity contribution in [2.24, 2.45) is 5.92 Å². The van der Waals surface area contributed by atoms with E-state index in [-0.39, 0.29) is 24.8 Å². The summed E-state index contributed by atoms with van der Waals surface area (Å²) in [7, 11) is 0. The van der Waals surface area contributed by atoms with Gasteiger partial charge in [0.2, 0.25) is 11.8 Å². The van der Waals surface area contributed by atoms with Gasteiger partial charge in [-0.2, -0.15) is 0 Å². The summed E-state index contributed by atoms with van der Waals surface area (Å²) in [4.78, 5) is 37.0. The molecule has 0 aromatic heterocycles. The monoisotopic (exact) mass is 382 g/mol. The predicted molar refractivity (Wildman–Crippen MR) is 89.2 cm³/mol. The van der Waals surface area contributed by atoms with Gasteiger partial charge in [-0.3, -0.25) is 9.59 Å². The number of carbonyl (C=O) groups excluding carboxylic acids is 2. The minimum Gasteiger partial charge on any atom is -0.480 e. The topological polar surface area (TPSA) is 86.7 Å². The Morgan fingerprint density at radius 3 is 2.74 bits per heavy atom. The summed E-state index contributed by atoms with van der Waals surface area (Å²) in [5, 5.41) is 11.5. The minimum atomic E-state index is -1.06. The van der Waals surface area contributed by atoms with Crippen LogP contribution < -0.4 is 10.2 Å². The van der Waals surface area contributed by atoms with E-state index in [0.717, 1.165) is 15.7 Å². The molecule has 1 aromatic carbocycles. The number of rotatable bonds is 5. The first kappa shape index (κ1) is 17.5. The van der Waals surface area contributed by atoms with Gasteiger partial charge >= 0.3 is 5.97 Å². The maximum absolute atomic E-state index is 12.2. The molecule has 2 N–H and O–H groups in total. The van der Waals surface area contributed by atoms with Gasteiger partial charge in [0.1, 0.15) is 6.04 Å². The number of aryl methyl sites for hydroxylation is 1. The zero-order chi connectivity index (χ0) is 17.1. The highest BCUT2D eigenvalue weighted by Gasteiger charge is 2.36. The van der Waals surface area contributed by atoms with Gasteiger partial charge in [-0.25, -0.2) is 4.79 Å². The van der Waals surface area contributed by atoms with E-state index < -0.39 is 17.9 Å². The van der Waals surface area contributed by atoms with Crippen molar-refractivity contribution in [1.29, 1.82) is 0 Å². The normalized spacial score (nSPS) is 18.8. The third-order valence-corrected chi connectivity index (χ3v) is 4.86. The number of carboxylic acids is 1. The van der Waals surface area contributed by atoms with E-state index in [9.17, 15) is 14.4 Å². The molecule has 2 rings (SSSR count). The first-order chi connectivity index (χ1) is 10.8. The molecule has 124 valence electrons. The quantitative estimate of drug-likeness (QED) is 0.815. The molecule has 0 radical (unpaired) electrons. The molecule has 2 unspecified atom stereocenters. The fourth-order valence-electron chi connectivity index (χ4n) is 2.56. The summed E-state index contributed by atoms with van der Waals surface area (Å²) < 4.78 is 0.953. The van der Waals surface area contributed by atoms with E-state index >= 15 is 0 Å². The maximum Gasteiger partial charge on any atom is 0.326 e. The van der Waals surface area contributed by atoms with Crippen LogP contribution in [0.25, 0.3) is 0 Å². The number of carboxylic acid groups (broad SMARTS) is 1. The lowest BCUT2D eigenvalue weighted by Crippen LogP contribution is -2.43. The first-order valence-corrected chi connectivity index (χ1v) is 8.22. The second kappa shape index (κ2) is 7.12. The molecule has 7 heteroatoms. The fourth-order valence-corrected chi connectivity index (χ4v) is 2.80. The molecule has 0 saturated carbocycles. The molecule has 2 atom stereocenters. The number of aliphatic carboxylic acids is 1. The van der Waals surface area contributed by atoms with Crippen LogP contribution in [0, 0.1) is 12.8 Å². The van der Waals surface area contributed by atoms with Crippen molar-refractivity contribution in [1.82, 2.24) is 5.32 Å². The van der Waals surface area contributed by atoms with Crippen LogP contribution in [-0.2, 0) is 14.4 Å². The molecule has 0 spiro atoms. The van der Waals surface area contributed by atoms with Gasteiger partial charge in [0.25, 0.3) is 0 Å². The molecule has 2 amide bonds. The molecular formula is C16H19BrN2O4. The van der Waals surface area contributed by atoms with E-state index in [4.69, 9.17) is 5.11 Å². The van der Waals surface area contributed by atoms with Crippen LogP contribution in [0.5, 0.6) is 0 Å². The minimum absolute atomic E-state index is 0.0942. The second-order valence-corrected chi connectivity index (χ2v) is 6.50. The maximum atomic E-state index is 12.2. The number of carbonyl (C=O) groups is 3. The van der Waals surface area contributed by atoms with E-state index in [1.807, 2.05) is 25.1 Å². The third-order valence-electron chi connectivity index (χ3n) is 3.97. The van der Waals surface area contributed by atoms with Crippen LogP contribution in [0.15, 0.2) is 22.7 Å². The predicted octanol–water partition coefficient (Wildman–Crippen LogP) is 2.09. The SMILES string of the molecule is CCC(NC(=O)C1CC(=O)N(c2ccc(Br)c(C)c2)C1)C(=O)O. The summed E-state index contributed by atoms with van der Waals surface area (Å²) in [6.07, 6.45) is 0.397. The second-order valence-electron chi connectivity index (χ2n) is 5.65. The average Bonchev–Trinajstić information content (AvgIpc) is 2.89. The Morgan fingerprint density at radius 1 is 1.48 bits per heavy atom. The van der Waals surface area contributed by atoms with Gasteiger partial charge in [0.15, 0.2) is 0 Å². The van der Waals surface area contributed by atoms with Crippen molar-refractivity contribution in [2.45, 2.75) is 32.7 Å². The van der Waals surface area contributed by atoms with E-state index in [1.165, 1.54) is 0 Å². The highest BCUT2D eigenvalue weighted by molar-refractivity contribution is 9.10. The number of amides is 2. The van der Waals surface area contributed by atoms with E-state index in [2.05, 4.69) is 21.2 Å². The van der Waals surface area contributed by atoms with Gasteiger partial charge in [-0.1, -0.05) is 22.9 Å². The Hall–Kier alpha value is -1.89. The van der Waals surface area contributed by atoms with Crippen LogP contribution in [0.3, 0.4) is 0 Å². The van der Waals surface area contributed by atoms with Crippen LogP contribution in [0.1, 0.15) is 25.3 Å². The summed E-state index contributed by atoms with van der Waals surface area (Å²) in [5.41, 5.74) is 1.75. The Bertz CT molecular complexity index is 647. The average molecular weight is 383 g/mol. The van der Waals surface area contributed by atoms with Crippen molar-refractivity contribution in [3.05, 3.63) is 28.2 Å². The molecule has 6 nitrogen and oxygen atoms in total. The van der Waals surface area contributed by atoms with Crippen molar-refractivity contribution in [2.75, 3.05) is 11.4 Å². The largest absolute Gasteiger partial charge is 0.480 e. The lowest BCUT2D eigenvalue weighted by molar-refractivity contribution is -0.142. The van der Waals surface area contributed by atoms with Gasteiger partial charge in [-0.15, -0.1) is 0 Å². The molecule has 1 aliphatic heterocycles. The molecular weight excluding hydrogens is 364 g/mol. The van der Waals surface area contributed by atoms with Crippen molar-refractivity contribution < 1.29 is 19.5 Å². The fraction of sp³-hybridized carbons (Fsp3) is 0.438. The number of halogens is 1. The van der Waals surface area contributed by atoms with Crippen molar-refractivity contribution in [3.8, 4) is 0 Å². The smallest absolute Gasteiger partial charge is 0.326 e. The summed E-state index contributed by atoms with van der Waals surface area (Å²) in [6.45, 7) is 3.88. The molecule has 1 fully saturated rings. The van der Waals surface area contributed by atoms with Crippen LogP contribution in [0.2, 0.25) is 0 Å². The van der Waals surface area contributed by atoms with E-state index in [1.54, 1.807) is 11.8 Å². The Kier molecular flexibility index (Phi) is 5.41. The number of nitrogens with zero attached hydrogens (tertiary/aromatic N) is 1. The highest BCUT2D eigenvalue weighted by atomic mass is 79.9. The molecule has 1 aromatic rings. The highest BCUT2D eigenvalue weighted by Crippen LogP contribution is 2.28. The lowest BCUT2D eigenvalue weighted by atomic mass is 10.1. The molecule has 1 saturated heterocycles. The van der Waals surface area contributed by atoms with Crippen LogP contribution in [0.4, 0.5) is 5.69 Å². The molecule has 0 bridgehead atoms. The summed E-state index contributed by atoms with van der Waals surface area (Å²) in [5.74, 6) is -2.11. The van der Waals surface area contributed by atoms with Gasteiger partial charge < -0.3 is 15.3 Å². The molecule has 1 aliphatic rings. The van der Waals surface area contributed by atoms with Gasteiger partial charge in [0, 0.05) is 23.1 Å². The van der Waals surface area contributed by atoms with E-state index in [0.29, 0.717) is 6.42 Å². The number of nitrogens with one attached hydrogen (secondary N) is 1. The number of hydrogen-bond donors (Lipinski definition) is 2. The van der Waals surface area contributed by atoms with Gasteiger partial charge in [0.05, 0.1) is 5.92 Å². The lowest BCUT2D eigenvalue weighted by Gasteiger charge is -2.18. The Morgan fingerprint density at radius 2 is 2.17 bits per heavy atom. The number of anilines is 1. The molecule has 0 aliphatic carbocycles. The standard InChI is InChI=1S/C16H19BrN2O4/c1-3-13(16(22)23)18-15(21)10-7-14(20)19(8-10)11-4-5-12(17)9(2)6-11/h4-6,10,13H,3,7-8H2,1-2H3,(H,18,21)(H,22,23). The Balaban J connectivity index is 2.08. The van der Waals surface area contributed by atoms with Crippen LogP contribution in [-0.4, -0.2) is 35.5 Å². The van der Waals surface area contributed by atoms with Crippen LogP contribution >= 0.6 is 15.9 Å². The number of benzene rings is 1. The summed E-state index contributed by atoms with van der Waals surface area (Å²) >= 11 is 3.41. The van der Waals surface area contributed by atoms with Crippen molar-refractivity contribution >= 4 is 39.4 Å². The van der Waals surface area contributed by atoms with Crippen molar-refractivity contribution in [3.63, 3.8) is 0 Å². The first-order valence-electron chi connectivity index (χ1n) is 7.43. The zero-order valence-electron chi connectivity index (χ0n) is 13.0. The third kappa shape index (κ3) is 3.90.